The van der Waals surface area contributed by atoms with E-state index in [0.717, 1.165) is 17.8 Å². The van der Waals surface area contributed by atoms with Crippen molar-refractivity contribution < 1.29 is 9.47 Å². The Labute approximate surface area is 114 Å². The molecule has 104 valence electrons. The molecule has 1 aromatic rings. The predicted molar refractivity (Wildman–Crippen MR) is 75.5 cm³/mol. The van der Waals surface area contributed by atoms with E-state index >= 15 is 0 Å². The van der Waals surface area contributed by atoms with Gasteiger partial charge >= 0.3 is 0 Å². The van der Waals surface area contributed by atoms with Gasteiger partial charge in [0.1, 0.15) is 17.8 Å². The number of ether oxygens (including phenoxy) is 2. The molecule has 2 heterocycles. The van der Waals surface area contributed by atoms with Crippen molar-refractivity contribution in [2.75, 3.05) is 20.3 Å². The minimum atomic E-state index is -0.292. The van der Waals surface area contributed by atoms with Crippen LogP contribution in [0.1, 0.15) is 32.2 Å². The Kier molecular flexibility index (Phi) is 4.20. The molecule has 1 atom stereocenters. The molecule has 1 aromatic heterocycles. The third-order valence-corrected chi connectivity index (χ3v) is 2.99. The monoisotopic (exact) mass is 262 g/mol. The first kappa shape index (κ1) is 14.0. The molecule has 0 saturated carbocycles. The van der Waals surface area contributed by atoms with Gasteiger partial charge in [0, 0.05) is 12.8 Å². The first-order chi connectivity index (χ1) is 9.02. The topological polar surface area (TPSA) is 43.7 Å². The predicted octanol–water partition coefficient (Wildman–Crippen LogP) is 2.46. The fourth-order valence-electron chi connectivity index (χ4n) is 2.18. The van der Waals surface area contributed by atoms with Crippen LogP contribution in [-0.2, 0) is 15.9 Å². The summed E-state index contributed by atoms with van der Waals surface area (Å²) in [5, 5.41) is 0. The zero-order chi connectivity index (χ0) is 13.9. The van der Waals surface area contributed by atoms with Crippen LogP contribution in [0.3, 0.4) is 0 Å². The largest absolute Gasteiger partial charge is 0.474 e. The average Bonchev–Trinajstić information content (AvgIpc) is 2.72. The van der Waals surface area contributed by atoms with Crippen LogP contribution in [0, 0.1) is 5.92 Å². The molecule has 4 heteroatoms. The van der Waals surface area contributed by atoms with Gasteiger partial charge in [0.05, 0.1) is 6.61 Å². The van der Waals surface area contributed by atoms with Crippen molar-refractivity contribution in [1.82, 2.24) is 4.98 Å². The summed E-state index contributed by atoms with van der Waals surface area (Å²) >= 11 is 0. The van der Waals surface area contributed by atoms with E-state index in [2.05, 4.69) is 23.8 Å². The molecule has 0 radical (unpaired) electrons. The normalized spacial score (nSPS) is 22.5. The summed E-state index contributed by atoms with van der Waals surface area (Å²) in [6.07, 6.45) is 0.969. The van der Waals surface area contributed by atoms with Crippen molar-refractivity contribution in [2.45, 2.75) is 32.7 Å². The van der Waals surface area contributed by atoms with Crippen molar-refractivity contribution >= 4 is 5.90 Å². The maximum atomic E-state index is 5.67. The number of rotatable bonds is 5. The molecular weight excluding hydrogens is 240 g/mol. The highest BCUT2D eigenvalue weighted by Crippen LogP contribution is 2.21. The van der Waals surface area contributed by atoms with E-state index in [0.29, 0.717) is 25.0 Å². The Morgan fingerprint density at radius 2 is 2.21 bits per heavy atom. The second-order valence-corrected chi connectivity index (χ2v) is 5.75. The summed E-state index contributed by atoms with van der Waals surface area (Å²) in [7, 11) is 1.68. The van der Waals surface area contributed by atoms with Crippen molar-refractivity contribution in [2.24, 2.45) is 10.9 Å². The van der Waals surface area contributed by atoms with Crippen molar-refractivity contribution in [1.29, 1.82) is 0 Å². The van der Waals surface area contributed by atoms with Crippen LogP contribution in [0.25, 0.3) is 0 Å². The average molecular weight is 262 g/mol. The Morgan fingerprint density at radius 3 is 2.89 bits per heavy atom. The summed E-state index contributed by atoms with van der Waals surface area (Å²) in [6.45, 7) is 7.51. The number of nitrogens with zero attached hydrogens (tertiary/aromatic N) is 2. The van der Waals surface area contributed by atoms with Gasteiger partial charge in [-0.3, -0.25) is 0 Å². The van der Waals surface area contributed by atoms with Gasteiger partial charge < -0.3 is 9.47 Å². The molecule has 1 unspecified atom stereocenters. The van der Waals surface area contributed by atoms with Gasteiger partial charge in [-0.2, -0.15) is 0 Å². The SMILES string of the molecule is COCC1(C)COC(c2cccc(CC(C)C)n2)=N1. The van der Waals surface area contributed by atoms with E-state index in [9.17, 15) is 0 Å². The number of methoxy groups -OCH3 is 1. The lowest BCUT2D eigenvalue weighted by atomic mass is 10.1. The van der Waals surface area contributed by atoms with E-state index in [-0.39, 0.29) is 5.54 Å². The van der Waals surface area contributed by atoms with Crippen LogP contribution in [0.15, 0.2) is 23.2 Å². The third kappa shape index (κ3) is 3.53. The first-order valence-corrected chi connectivity index (χ1v) is 6.70. The maximum Gasteiger partial charge on any atom is 0.236 e. The molecule has 2 rings (SSSR count). The molecule has 4 nitrogen and oxygen atoms in total. The maximum absolute atomic E-state index is 5.67. The summed E-state index contributed by atoms with van der Waals surface area (Å²) in [4.78, 5) is 9.23. The first-order valence-electron chi connectivity index (χ1n) is 6.70. The van der Waals surface area contributed by atoms with E-state index < -0.39 is 0 Å². The quantitative estimate of drug-likeness (QED) is 0.818. The van der Waals surface area contributed by atoms with Gasteiger partial charge in [0.15, 0.2) is 0 Å². The Bertz CT molecular complexity index is 471. The lowest BCUT2D eigenvalue weighted by Gasteiger charge is -2.15. The van der Waals surface area contributed by atoms with E-state index in [1.807, 2.05) is 25.1 Å². The minimum Gasteiger partial charge on any atom is -0.474 e. The Morgan fingerprint density at radius 1 is 1.42 bits per heavy atom. The van der Waals surface area contributed by atoms with Crippen molar-refractivity contribution in [3.63, 3.8) is 0 Å². The molecule has 0 bridgehead atoms. The number of hydrogen-bond acceptors (Lipinski definition) is 4. The molecule has 0 aliphatic carbocycles. The smallest absolute Gasteiger partial charge is 0.236 e. The van der Waals surface area contributed by atoms with Crippen molar-refractivity contribution in [3.05, 3.63) is 29.6 Å². The van der Waals surface area contributed by atoms with Gasteiger partial charge in [0.25, 0.3) is 0 Å². The lowest BCUT2D eigenvalue weighted by molar-refractivity contribution is 0.121. The van der Waals surface area contributed by atoms with E-state index in [1.165, 1.54) is 0 Å². The van der Waals surface area contributed by atoms with Crippen LogP contribution >= 0.6 is 0 Å². The summed E-state index contributed by atoms with van der Waals surface area (Å²) < 4.78 is 10.9. The highest BCUT2D eigenvalue weighted by molar-refractivity contribution is 5.93. The highest BCUT2D eigenvalue weighted by atomic mass is 16.5. The van der Waals surface area contributed by atoms with Crippen LogP contribution in [0.4, 0.5) is 0 Å². The van der Waals surface area contributed by atoms with Crippen LogP contribution in [0.5, 0.6) is 0 Å². The second-order valence-electron chi connectivity index (χ2n) is 5.75. The summed E-state index contributed by atoms with van der Waals surface area (Å²) in [6, 6.07) is 6.01. The molecule has 0 saturated heterocycles. The van der Waals surface area contributed by atoms with Gasteiger partial charge in [-0.1, -0.05) is 19.9 Å². The van der Waals surface area contributed by atoms with Gasteiger partial charge in [-0.05, 0) is 31.4 Å². The highest BCUT2D eigenvalue weighted by Gasteiger charge is 2.32. The van der Waals surface area contributed by atoms with Crippen LogP contribution in [-0.4, -0.2) is 36.7 Å². The fourth-order valence-corrected chi connectivity index (χ4v) is 2.18. The molecule has 0 N–H and O–H groups in total. The molecule has 0 spiro atoms. The molecule has 0 aromatic carbocycles. The van der Waals surface area contributed by atoms with Gasteiger partial charge in [-0.15, -0.1) is 0 Å². The Hall–Kier alpha value is -1.42. The summed E-state index contributed by atoms with van der Waals surface area (Å²) in [5.41, 5.74) is 1.61. The fraction of sp³-hybridized carbons (Fsp3) is 0.600. The lowest BCUT2D eigenvalue weighted by Crippen LogP contribution is -2.29. The molecule has 1 aliphatic heterocycles. The summed E-state index contributed by atoms with van der Waals surface area (Å²) in [5.74, 6) is 1.22. The number of aromatic nitrogens is 1. The van der Waals surface area contributed by atoms with Gasteiger partial charge in [0.2, 0.25) is 5.90 Å². The molecule has 0 fully saturated rings. The zero-order valence-electron chi connectivity index (χ0n) is 12.1. The molecular formula is C15H22N2O2. The Balaban J connectivity index is 2.19. The molecule has 19 heavy (non-hydrogen) atoms. The number of pyridine rings is 1. The second kappa shape index (κ2) is 5.70. The number of hydrogen-bond donors (Lipinski definition) is 0. The number of aliphatic imine (C=N–C) groups is 1. The van der Waals surface area contributed by atoms with Crippen LogP contribution in [0.2, 0.25) is 0 Å². The zero-order valence-corrected chi connectivity index (χ0v) is 12.1. The van der Waals surface area contributed by atoms with Crippen LogP contribution < -0.4 is 0 Å². The van der Waals surface area contributed by atoms with E-state index in [4.69, 9.17) is 9.47 Å². The van der Waals surface area contributed by atoms with Crippen molar-refractivity contribution in [3.8, 4) is 0 Å². The standard InChI is InChI=1S/C15H22N2O2/c1-11(2)8-12-6-5-7-13(16-12)14-17-15(3,9-18-4)10-19-14/h5-7,11H,8-10H2,1-4H3. The van der Waals surface area contributed by atoms with E-state index in [1.54, 1.807) is 7.11 Å². The minimum absolute atomic E-state index is 0.292. The molecule has 0 amide bonds. The van der Waals surface area contributed by atoms with Gasteiger partial charge in [-0.25, -0.2) is 9.98 Å². The molecule has 1 aliphatic rings. The third-order valence-electron chi connectivity index (χ3n) is 2.99.